The van der Waals surface area contributed by atoms with Crippen LogP contribution in [0.25, 0.3) is 0 Å². The van der Waals surface area contributed by atoms with Crippen LogP contribution in [-0.2, 0) is 0 Å². The summed E-state index contributed by atoms with van der Waals surface area (Å²) < 4.78 is 0. The number of amides is 1. The van der Waals surface area contributed by atoms with Crippen LogP contribution in [0.4, 0.5) is 0 Å². The molecule has 106 valence electrons. The van der Waals surface area contributed by atoms with Crippen molar-refractivity contribution in [2.24, 2.45) is 0 Å². The Morgan fingerprint density at radius 1 is 1.30 bits per heavy atom. The molecule has 2 unspecified atom stereocenters. The lowest BCUT2D eigenvalue weighted by Gasteiger charge is -2.21. The molecular weight excluding hydrogens is 258 g/mol. The Morgan fingerprint density at radius 2 is 2.15 bits per heavy atom. The molecule has 6 heteroatoms. The second-order valence-corrected chi connectivity index (χ2v) is 5.35. The molecule has 1 amide bonds. The van der Waals surface area contributed by atoms with Crippen molar-refractivity contribution in [2.45, 2.75) is 31.3 Å². The van der Waals surface area contributed by atoms with E-state index in [4.69, 9.17) is 5.11 Å². The molecule has 2 atom stereocenters. The fourth-order valence-corrected chi connectivity index (χ4v) is 3.16. The molecule has 1 aromatic rings. The second kappa shape index (κ2) is 5.20. The molecule has 0 bridgehead atoms. The van der Waals surface area contributed by atoms with Gasteiger partial charge < -0.3 is 10.4 Å². The number of nitrogens with one attached hydrogen (secondary N) is 1. The number of pyridine rings is 1. The number of hydrogen-bond acceptors (Lipinski definition) is 4. The van der Waals surface area contributed by atoms with Gasteiger partial charge in [0.2, 0.25) is 0 Å². The first-order valence-corrected chi connectivity index (χ1v) is 6.89. The summed E-state index contributed by atoms with van der Waals surface area (Å²) in [7, 11) is 0. The Kier molecular flexibility index (Phi) is 3.40. The van der Waals surface area contributed by atoms with Crippen LogP contribution in [0.1, 0.15) is 40.1 Å². The van der Waals surface area contributed by atoms with Gasteiger partial charge in [-0.05, 0) is 37.9 Å². The molecule has 2 fully saturated rings. The molecule has 0 saturated carbocycles. The van der Waals surface area contributed by atoms with Crippen molar-refractivity contribution >= 4 is 11.9 Å². The van der Waals surface area contributed by atoms with E-state index >= 15 is 0 Å². The molecule has 2 aliphatic rings. The first-order chi connectivity index (χ1) is 9.65. The Morgan fingerprint density at radius 3 is 2.85 bits per heavy atom. The summed E-state index contributed by atoms with van der Waals surface area (Å²) in [5.74, 6) is -1.26. The van der Waals surface area contributed by atoms with Crippen molar-refractivity contribution in [2.75, 3.05) is 13.1 Å². The van der Waals surface area contributed by atoms with Gasteiger partial charge in [-0.2, -0.15) is 0 Å². The molecular formula is C14H17N3O3. The van der Waals surface area contributed by atoms with Crippen LogP contribution in [0.15, 0.2) is 18.3 Å². The molecule has 20 heavy (non-hydrogen) atoms. The van der Waals surface area contributed by atoms with E-state index in [2.05, 4.69) is 15.2 Å². The lowest BCUT2D eigenvalue weighted by molar-refractivity contribution is 0.0689. The number of nitrogens with zero attached hydrogens (tertiary/aromatic N) is 2. The van der Waals surface area contributed by atoms with E-state index in [0.717, 1.165) is 25.9 Å². The average molecular weight is 275 g/mol. The van der Waals surface area contributed by atoms with Crippen LogP contribution >= 0.6 is 0 Å². The molecule has 0 aliphatic carbocycles. The summed E-state index contributed by atoms with van der Waals surface area (Å²) in [4.78, 5) is 29.1. The number of aromatic carboxylic acids is 1. The highest BCUT2D eigenvalue weighted by Gasteiger charge is 2.37. The monoisotopic (exact) mass is 275 g/mol. The van der Waals surface area contributed by atoms with Crippen molar-refractivity contribution in [3.8, 4) is 0 Å². The molecule has 3 rings (SSSR count). The van der Waals surface area contributed by atoms with Gasteiger partial charge in [0.1, 0.15) is 5.69 Å². The van der Waals surface area contributed by atoms with Gasteiger partial charge in [-0.1, -0.05) is 0 Å². The highest BCUT2D eigenvalue weighted by Crippen LogP contribution is 2.28. The van der Waals surface area contributed by atoms with Gasteiger partial charge in [0.05, 0.1) is 5.56 Å². The van der Waals surface area contributed by atoms with E-state index in [9.17, 15) is 9.59 Å². The molecule has 0 spiro atoms. The van der Waals surface area contributed by atoms with E-state index in [1.165, 1.54) is 24.8 Å². The van der Waals surface area contributed by atoms with Crippen molar-refractivity contribution in [1.29, 1.82) is 0 Å². The quantitative estimate of drug-likeness (QED) is 0.850. The Bertz CT molecular complexity index is 529. The molecule has 0 aromatic carbocycles. The fraction of sp³-hybridized carbons (Fsp3) is 0.500. The number of rotatable bonds is 3. The molecule has 2 saturated heterocycles. The largest absolute Gasteiger partial charge is 0.477 e. The smallest absolute Gasteiger partial charge is 0.354 e. The van der Waals surface area contributed by atoms with Crippen LogP contribution in [-0.4, -0.2) is 52.0 Å². The first kappa shape index (κ1) is 13.1. The normalized spacial score (nSPS) is 25.4. The molecule has 1 aromatic heterocycles. The lowest BCUT2D eigenvalue weighted by atomic mass is 10.1. The van der Waals surface area contributed by atoms with E-state index in [-0.39, 0.29) is 17.6 Å². The first-order valence-electron chi connectivity index (χ1n) is 6.89. The van der Waals surface area contributed by atoms with Gasteiger partial charge in [0, 0.05) is 24.8 Å². The van der Waals surface area contributed by atoms with Gasteiger partial charge in [-0.3, -0.25) is 9.69 Å². The van der Waals surface area contributed by atoms with E-state index in [1.807, 2.05) is 0 Å². The fourth-order valence-electron chi connectivity index (χ4n) is 3.16. The third kappa shape index (κ3) is 2.38. The zero-order valence-electron chi connectivity index (χ0n) is 11.1. The van der Waals surface area contributed by atoms with Crippen molar-refractivity contribution in [1.82, 2.24) is 15.2 Å². The predicted molar refractivity (Wildman–Crippen MR) is 71.7 cm³/mol. The topological polar surface area (TPSA) is 82.5 Å². The van der Waals surface area contributed by atoms with Crippen LogP contribution in [0.2, 0.25) is 0 Å². The summed E-state index contributed by atoms with van der Waals surface area (Å²) in [6.45, 7) is 2.18. The van der Waals surface area contributed by atoms with E-state index in [0.29, 0.717) is 11.6 Å². The Balaban J connectivity index is 1.65. The zero-order chi connectivity index (χ0) is 14.1. The van der Waals surface area contributed by atoms with Crippen LogP contribution < -0.4 is 5.32 Å². The van der Waals surface area contributed by atoms with Crippen molar-refractivity contribution < 1.29 is 14.7 Å². The minimum Gasteiger partial charge on any atom is -0.477 e. The summed E-state index contributed by atoms with van der Waals surface area (Å²) >= 11 is 0. The summed E-state index contributed by atoms with van der Waals surface area (Å²) in [5.41, 5.74) is 0.357. The van der Waals surface area contributed by atoms with Gasteiger partial charge in [0.15, 0.2) is 0 Å². The highest BCUT2D eigenvalue weighted by atomic mass is 16.4. The maximum absolute atomic E-state index is 12.2. The summed E-state index contributed by atoms with van der Waals surface area (Å²) in [5, 5.41) is 11.8. The number of carbonyl (C=O) groups excluding carboxylic acids is 1. The number of carbonyl (C=O) groups is 2. The number of aromatic nitrogens is 1. The number of carboxylic acid groups (broad SMARTS) is 1. The average Bonchev–Trinajstić information content (AvgIpc) is 3.04. The Labute approximate surface area is 116 Å². The van der Waals surface area contributed by atoms with E-state index < -0.39 is 5.97 Å². The molecule has 2 N–H and O–H groups in total. The lowest BCUT2D eigenvalue weighted by Crippen LogP contribution is -2.42. The third-order valence-electron chi connectivity index (χ3n) is 4.17. The molecule has 0 radical (unpaired) electrons. The van der Waals surface area contributed by atoms with Crippen molar-refractivity contribution in [3.63, 3.8) is 0 Å². The molecule has 3 heterocycles. The number of hydrogen-bond donors (Lipinski definition) is 2. The Hall–Kier alpha value is -1.95. The van der Waals surface area contributed by atoms with Crippen LogP contribution in [0.5, 0.6) is 0 Å². The maximum Gasteiger partial charge on any atom is 0.354 e. The molecule has 6 nitrogen and oxygen atoms in total. The number of carboxylic acids is 1. The van der Waals surface area contributed by atoms with Gasteiger partial charge >= 0.3 is 5.97 Å². The minimum absolute atomic E-state index is 0.0515. The standard InChI is InChI=1S/C14H17N3O3/c18-13(9-3-4-11(14(19)20)15-8-9)16-10-5-7-17-6-1-2-12(10)17/h3-4,8,10,12H,1-2,5-7H2,(H,16,18)(H,19,20). The van der Waals surface area contributed by atoms with Gasteiger partial charge in [-0.25, -0.2) is 9.78 Å². The predicted octanol–water partition coefficient (Wildman–Crippen LogP) is 0.746. The summed E-state index contributed by atoms with van der Waals surface area (Å²) in [6, 6.07) is 3.52. The highest BCUT2D eigenvalue weighted by molar-refractivity contribution is 5.95. The maximum atomic E-state index is 12.2. The SMILES string of the molecule is O=C(NC1CCN2CCCC12)c1ccc(C(=O)O)nc1. The zero-order valence-corrected chi connectivity index (χ0v) is 11.1. The van der Waals surface area contributed by atoms with Crippen LogP contribution in [0, 0.1) is 0 Å². The molecule has 2 aliphatic heterocycles. The number of fused-ring (bicyclic) bond motifs is 1. The van der Waals surface area contributed by atoms with Gasteiger partial charge in [0.25, 0.3) is 5.91 Å². The second-order valence-electron chi connectivity index (χ2n) is 5.35. The third-order valence-corrected chi connectivity index (χ3v) is 4.17. The summed E-state index contributed by atoms with van der Waals surface area (Å²) in [6.07, 6.45) is 4.64. The van der Waals surface area contributed by atoms with E-state index in [1.54, 1.807) is 0 Å². The minimum atomic E-state index is -1.09. The van der Waals surface area contributed by atoms with Crippen LogP contribution in [0.3, 0.4) is 0 Å². The van der Waals surface area contributed by atoms with Gasteiger partial charge in [-0.15, -0.1) is 0 Å². The van der Waals surface area contributed by atoms with Crippen molar-refractivity contribution in [3.05, 3.63) is 29.6 Å².